The minimum absolute atomic E-state index is 0.109. The van der Waals surface area contributed by atoms with Crippen LogP contribution >= 0.6 is 11.8 Å². The topological polar surface area (TPSA) is 34.5 Å². The maximum atomic E-state index is 11.7. The summed E-state index contributed by atoms with van der Waals surface area (Å²) in [5, 5.41) is 0.109. The lowest BCUT2D eigenvalue weighted by Crippen LogP contribution is -2.22. The van der Waals surface area contributed by atoms with Crippen LogP contribution in [0, 0.1) is 0 Å². The smallest absolute Gasteiger partial charge is 0.233 e. The van der Waals surface area contributed by atoms with Gasteiger partial charge in [0.25, 0.3) is 0 Å². The number of carbonyl (C=O) groups is 1. The lowest BCUT2D eigenvalue weighted by molar-refractivity contribution is -0.126. The number of amides is 1. The van der Waals surface area contributed by atoms with Gasteiger partial charge < -0.3 is 14.2 Å². The molecule has 0 radical (unpaired) electrons. The molecule has 0 unspecified atom stereocenters. The third kappa shape index (κ3) is 2.65. The highest BCUT2D eigenvalue weighted by Gasteiger charge is 2.30. The summed E-state index contributed by atoms with van der Waals surface area (Å²) in [6, 6.07) is 10.0. The third-order valence-electron chi connectivity index (χ3n) is 3.55. The molecule has 0 N–H and O–H groups in total. The van der Waals surface area contributed by atoms with Crippen molar-refractivity contribution < 1.29 is 9.53 Å². The molecule has 110 valence electrons. The maximum Gasteiger partial charge on any atom is 0.233 e. The Morgan fingerprint density at radius 2 is 2.14 bits per heavy atom. The van der Waals surface area contributed by atoms with Crippen LogP contribution in [-0.2, 0) is 4.79 Å². The van der Waals surface area contributed by atoms with Crippen LogP contribution in [0.4, 0.5) is 0 Å². The zero-order valence-electron chi connectivity index (χ0n) is 12.2. The quantitative estimate of drug-likeness (QED) is 0.870. The van der Waals surface area contributed by atoms with Gasteiger partial charge in [-0.15, -0.1) is 11.8 Å². The van der Waals surface area contributed by atoms with Crippen molar-refractivity contribution in [2.45, 2.75) is 12.3 Å². The van der Waals surface area contributed by atoms with Crippen LogP contribution in [-0.4, -0.2) is 34.8 Å². The molecular formula is C16H18N2O2S. The van der Waals surface area contributed by atoms with Crippen LogP contribution < -0.4 is 4.74 Å². The largest absolute Gasteiger partial charge is 0.492 e. The first-order chi connectivity index (χ1) is 10.2. The molecule has 1 amide bonds. The van der Waals surface area contributed by atoms with Gasteiger partial charge in [-0.2, -0.15) is 0 Å². The zero-order valence-corrected chi connectivity index (χ0v) is 13.0. The zero-order chi connectivity index (χ0) is 14.8. The maximum absolute atomic E-state index is 11.7. The number of nitrogens with zero attached hydrogens (tertiary/aromatic N) is 2. The Hall–Kier alpha value is -1.88. The van der Waals surface area contributed by atoms with Crippen LogP contribution in [0.5, 0.6) is 5.75 Å². The summed E-state index contributed by atoms with van der Waals surface area (Å²) in [4.78, 5) is 13.5. The van der Waals surface area contributed by atoms with Gasteiger partial charge in [-0.3, -0.25) is 4.79 Å². The molecule has 1 saturated heterocycles. The average molecular weight is 302 g/mol. The number of aromatic nitrogens is 1. The first-order valence-electron chi connectivity index (χ1n) is 6.98. The Labute approximate surface area is 128 Å². The summed E-state index contributed by atoms with van der Waals surface area (Å²) >= 11 is 1.67. The van der Waals surface area contributed by atoms with Gasteiger partial charge in [0, 0.05) is 25.0 Å². The second-order valence-electron chi connectivity index (χ2n) is 4.92. The summed E-state index contributed by atoms with van der Waals surface area (Å²) in [6.45, 7) is 2.62. The fourth-order valence-corrected chi connectivity index (χ4v) is 3.65. The fourth-order valence-electron chi connectivity index (χ4n) is 2.47. The summed E-state index contributed by atoms with van der Waals surface area (Å²) in [5.41, 5.74) is 2.15. The molecule has 1 aliphatic heterocycles. The number of ether oxygens (including phenoxy) is 1. The van der Waals surface area contributed by atoms with Crippen molar-refractivity contribution in [1.82, 2.24) is 9.47 Å². The van der Waals surface area contributed by atoms with Crippen LogP contribution in [0.3, 0.4) is 0 Å². The molecule has 1 aromatic heterocycles. The van der Waals surface area contributed by atoms with Gasteiger partial charge in [-0.1, -0.05) is 12.1 Å². The molecule has 0 saturated carbocycles. The minimum Gasteiger partial charge on any atom is -0.492 e. The third-order valence-corrected chi connectivity index (χ3v) is 4.87. The van der Waals surface area contributed by atoms with E-state index in [2.05, 4.69) is 16.8 Å². The summed E-state index contributed by atoms with van der Waals surface area (Å²) < 4.78 is 7.73. The van der Waals surface area contributed by atoms with Gasteiger partial charge in [0.15, 0.2) is 0 Å². The van der Waals surface area contributed by atoms with Gasteiger partial charge in [0.2, 0.25) is 5.91 Å². The van der Waals surface area contributed by atoms with Gasteiger partial charge in [-0.05, 0) is 25.1 Å². The molecule has 1 fully saturated rings. The molecule has 1 aliphatic rings. The number of thioether (sulfide) groups is 1. The van der Waals surface area contributed by atoms with E-state index in [1.165, 1.54) is 0 Å². The number of hydrogen-bond donors (Lipinski definition) is 0. The number of benzene rings is 1. The van der Waals surface area contributed by atoms with Gasteiger partial charge in [-0.25, -0.2) is 0 Å². The highest BCUT2D eigenvalue weighted by Crippen LogP contribution is 2.38. The average Bonchev–Trinajstić information content (AvgIpc) is 3.08. The Bertz CT molecular complexity index is 653. The first kappa shape index (κ1) is 14.1. The number of carbonyl (C=O) groups excluding carboxylic acids is 1. The highest BCUT2D eigenvalue weighted by molar-refractivity contribution is 8.00. The van der Waals surface area contributed by atoms with E-state index in [1.54, 1.807) is 16.7 Å². The highest BCUT2D eigenvalue weighted by atomic mass is 32.2. The molecule has 4 nitrogen and oxygen atoms in total. The number of para-hydroxylation sites is 2. The molecule has 5 heteroatoms. The molecule has 2 heterocycles. The standard InChI is InChI=1S/C16H18N2O2S/c1-3-20-14-7-5-4-6-13(14)18-9-8-12(10-18)16-17(2)15(19)11-21-16/h4-10,16H,3,11H2,1-2H3/t16-/m1/s1. The first-order valence-corrected chi connectivity index (χ1v) is 8.03. The van der Waals surface area contributed by atoms with Crippen molar-refractivity contribution in [2.75, 3.05) is 19.4 Å². The Balaban J connectivity index is 1.90. The normalized spacial score (nSPS) is 18.3. The SMILES string of the molecule is CCOc1ccccc1-n1ccc([C@H]2SCC(=O)N2C)c1. The molecule has 3 rings (SSSR count). The molecule has 0 bridgehead atoms. The number of rotatable bonds is 4. The van der Waals surface area contributed by atoms with Crippen LogP contribution in [0.1, 0.15) is 17.9 Å². The van der Waals surface area contributed by atoms with E-state index in [1.807, 2.05) is 44.4 Å². The van der Waals surface area contributed by atoms with Crippen LogP contribution in [0.15, 0.2) is 42.7 Å². The fraction of sp³-hybridized carbons (Fsp3) is 0.312. The monoisotopic (exact) mass is 302 g/mol. The van der Waals surface area contributed by atoms with Gasteiger partial charge in [0.1, 0.15) is 11.1 Å². The molecule has 21 heavy (non-hydrogen) atoms. The summed E-state index contributed by atoms with van der Waals surface area (Å²) in [7, 11) is 1.86. The summed E-state index contributed by atoms with van der Waals surface area (Å²) in [6.07, 6.45) is 4.09. The molecular weight excluding hydrogens is 284 g/mol. The van der Waals surface area contributed by atoms with Crippen molar-refractivity contribution in [2.24, 2.45) is 0 Å². The van der Waals surface area contributed by atoms with Gasteiger partial charge in [0.05, 0.1) is 18.0 Å². The molecule has 1 aromatic carbocycles. The lowest BCUT2D eigenvalue weighted by atomic mass is 10.3. The van der Waals surface area contributed by atoms with E-state index in [0.29, 0.717) is 12.4 Å². The molecule has 0 spiro atoms. The predicted octanol–water partition coefficient (Wildman–Crippen LogP) is 3.08. The molecule has 2 aromatic rings. The molecule has 1 atom stereocenters. The predicted molar refractivity (Wildman–Crippen MR) is 84.9 cm³/mol. The van der Waals surface area contributed by atoms with Gasteiger partial charge >= 0.3 is 0 Å². The van der Waals surface area contributed by atoms with E-state index in [9.17, 15) is 4.79 Å². The van der Waals surface area contributed by atoms with Crippen molar-refractivity contribution >= 4 is 17.7 Å². The lowest BCUT2D eigenvalue weighted by Gasteiger charge is -2.17. The van der Waals surface area contributed by atoms with Crippen molar-refractivity contribution in [3.05, 3.63) is 48.3 Å². The van der Waals surface area contributed by atoms with Crippen LogP contribution in [0.25, 0.3) is 5.69 Å². The number of hydrogen-bond acceptors (Lipinski definition) is 3. The molecule has 0 aliphatic carbocycles. The van der Waals surface area contributed by atoms with E-state index >= 15 is 0 Å². The van der Waals surface area contributed by atoms with E-state index < -0.39 is 0 Å². The second kappa shape index (κ2) is 5.85. The van der Waals surface area contributed by atoms with E-state index in [4.69, 9.17) is 4.74 Å². The summed E-state index contributed by atoms with van der Waals surface area (Å²) in [5.74, 6) is 1.61. The van der Waals surface area contributed by atoms with E-state index in [-0.39, 0.29) is 11.3 Å². The minimum atomic E-state index is 0.109. The Morgan fingerprint density at radius 1 is 1.33 bits per heavy atom. The second-order valence-corrected chi connectivity index (χ2v) is 5.99. The Morgan fingerprint density at radius 3 is 2.86 bits per heavy atom. The Kier molecular flexibility index (Phi) is 3.92. The van der Waals surface area contributed by atoms with E-state index in [0.717, 1.165) is 17.0 Å². The van der Waals surface area contributed by atoms with Crippen molar-refractivity contribution in [1.29, 1.82) is 0 Å². The van der Waals surface area contributed by atoms with Crippen molar-refractivity contribution in [3.8, 4) is 11.4 Å². The van der Waals surface area contributed by atoms with Crippen LogP contribution in [0.2, 0.25) is 0 Å². The van der Waals surface area contributed by atoms with Crippen molar-refractivity contribution in [3.63, 3.8) is 0 Å².